The third-order valence-corrected chi connectivity index (χ3v) is 8.04. The van der Waals surface area contributed by atoms with E-state index in [-0.39, 0.29) is 23.1 Å². The number of anilines is 1. The van der Waals surface area contributed by atoms with Crippen LogP contribution in [0.4, 0.5) is 5.82 Å². The fraction of sp³-hybridized carbons (Fsp3) is 0.565. The van der Waals surface area contributed by atoms with Crippen LogP contribution >= 0.6 is 24.0 Å². The topological polar surface area (TPSA) is 69.3 Å². The lowest BCUT2D eigenvalue weighted by Gasteiger charge is -2.35. The van der Waals surface area contributed by atoms with E-state index >= 15 is 0 Å². The number of piperidine rings is 1. The van der Waals surface area contributed by atoms with Gasteiger partial charge in [0.05, 0.1) is 4.91 Å². The SMILES string of the molecule is Cc1c(C=C2SC(=S)N(C3CCCC3)C2=O)c(N2CCCC(C)C2)n(C)c(=O)c1C#N. The molecule has 0 spiro atoms. The van der Waals surface area contributed by atoms with E-state index in [0.717, 1.165) is 63.0 Å². The Bertz CT molecular complexity index is 1060. The molecule has 31 heavy (non-hydrogen) atoms. The number of carbonyl (C=O) groups is 1. The fourth-order valence-corrected chi connectivity index (χ4v) is 6.45. The number of thioether (sulfide) groups is 1. The molecule has 0 aromatic carbocycles. The van der Waals surface area contributed by atoms with Gasteiger partial charge >= 0.3 is 0 Å². The third-order valence-electron chi connectivity index (χ3n) is 6.71. The van der Waals surface area contributed by atoms with Crippen molar-refractivity contribution in [2.24, 2.45) is 13.0 Å². The van der Waals surface area contributed by atoms with Crippen molar-refractivity contribution in [1.82, 2.24) is 9.47 Å². The predicted molar refractivity (Wildman–Crippen MR) is 129 cm³/mol. The van der Waals surface area contributed by atoms with Gasteiger partial charge in [-0.15, -0.1) is 0 Å². The molecule has 4 rings (SSSR count). The molecule has 3 aliphatic rings. The molecule has 1 unspecified atom stereocenters. The summed E-state index contributed by atoms with van der Waals surface area (Å²) in [6, 6.07) is 2.26. The molecule has 2 aliphatic heterocycles. The molecule has 2 saturated heterocycles. The highest BCUT2D eigenvalue weighted by atomic mass is 32.2. The fourth-order valence-electron chi connectivity index (χ4n) is 5.06. The van der Waals surface area contributed by atoms with Gasteiger partial charge in [-0.3, -0.25) is 19.1 Å². The molecule has 1 aromatic heterocycles. The van der Waals surface area contributed by atoms with Crippen molar-refractivity contribution in [1.29, 1.82) is 5.26 Å². The van der Waals surface area contributed by atoms with Gasteiger partial charge in [0.2, 0.25) is 0 Å². The second-order valence-corrected chi connectivity index (χ2v) is 10.6. The number of pyridine rings is 1. The molecule has 8 heteroatoms. The van der Waals surface area contributed by atoms with Gasteiger partial charge < -0.3 is 4.90 Å². The van der Waals surface area contributed by atoms with Crippen LogP contribution in [-0.2, 0) is 11.8 Å². The number of nitrogens with zero attached hydrogens (tertiary/aromatic N) is 4. The second-order valence-electron chi connectivity index (χ2n) is 8.90. The number of carbonyl (C=O) groups excluding carboxylic acids is 1. The first kappa shape index (κ1) is 22.1. The molecule has 1 aromatic rings. The maximum atomic E-state index is 13.3. The number of rotatable bonds is 3. The van der Waals surface area contributed by atoms with Crippen LogP contribution < -0.4 is 10.5 Å². The van der Waals surface area contributed by atoms with E-state index in [0.29, 0.717) is 20.7 Å². The molecule has 1 saturated carbocycles. The Morgan fingerprint density at radius 3 is 2.55 bits per heavy atom. The van der Waals surface area contributed by atoms with Crippen molar-refractivity contribution >= 4 is 46.1 Å². The smallest absolute Gasteiger partial charge is 0.270 e. The van der Waals surface area contributed by atoms with Crippen LogP contribution in [0, 0.1) is 24.2 Å². The van der Waals surface area contributed by atoms with E-state index in [1.165, 1.54) is 11.8 Å². The average molecular weight is 457 g/mol. The Kier molecular flexibility index (Phi) is 6.27. The quantitative estimate of drug-likeness (QED) is 0.507. The Hall–Kier alpha value is -2.11. The number of amides is 1. The molecule has 0 radical (unpaired) electrons. The molecule has 3 fully saturated rings. The third kappa shape index (κ3) is 3.94. The maximum absolute atomic E-state index is 13.3. The van der Waals surface area contributed by atoms with Gasteiger partial charge in [0, 0.05) is 31.7 Å². The van der Waals surface area contributed by atoms with Gasteiger partial charge in [0.1, 0.15) is 21.8 Å². The molecular formula is C23H28N4O2S2. The summed E-state index contributed by atoms with van der Waals surface area (Å²) in [4.78, 5) is 30.7. The Morgan fingerprint density at radius 1 is 1.19 bits per heavy atom. The molecule has 6 nitrogen and oxygen atoms in total. The molecule has 164 valence electrons. The summed E-state index contributed by atoms with van der Waals surface area (Å²) in [6.07, 6.45) is 8.32. The minimum Gasteiger partial charge on any atom is -0.357 e. The highest BCUT2D eigenvalue weighted by Crippen LogP contribution is 2.39. The van der Waals surface area contributed by atoms with Crippen molar-refractivity contribution in [3.63, 3.8) is 0 Å². The molecular weight excluding hydrogens is 428 g/mol. The largest absolute Gasteiger partial charge is 0.357 e. The average Bonchev–Trinajstić information content (AvgIpc) is 3.34. The summed E-state index contributed by atoms with van der Waals surface area (Å²) in [5.41, 5.74) is 1.25. The van der Waals surface area contributed by atoms with E-state index < -0.39 is 0 Å². The molecule has 1 aliphatic carbocycles. The van der Waals surface area contributed by atoms with Gasteiger partial charge in [-0.1, -0.05) is 43.7 Å². The highest BCUT2D eigenvalue weighted by molar-refractivity contribution is 8.26. The van der Waals surface area contributed by atoms with Crippen molar-refractivity contribution < 1.29 is 4.79 Å². The first-order chi connectivity index (χ1) is 14.8. The second kappa shape index (κ2) is 8.79. The number of nitriles is 1. The summed E-state index contributed by atoms with van der Waals surface area (Å²) < 4.78 is 2.19. The summed E-state index contributed by atoms with van der Waals surface area (Å²) in [6.45, 7) is 5.73. The van der Waals surface area contributed by atoms with Crippen LogP contribution in [0.5, 0.6) is 0 Å². The number of thiocarbonyl (C=S) groups is 1. The molecule has 1 atom stereocenters. The van der Waals surface area contributed by atoms with Crippen molar-refractivity contribution in [2.45, 2.75) is 58.4 Å². The minimum absolute atomic E-state index is 0.0494. The maximum Gasteiger partial charge on any atom is 0.270 e. The van der Waals surface area contributed by atoms with Gasteiger partial charge in [0.15, 0.2) is 0 Å². The Balaban J connectivity index is 1.83. The zero-order chi connectivity index (χ0) is 22.3. The van der Waals surface area contributed by atoms with Gasteiger partial charge in [-0.25, -0.2) is 0 Å². The van der Waals surface area contributed by atoms with Crippen molar-refractivity contribution in [2.75, 3.05) is 18.0 Å². The van der Waals surface area contributed by atoms with Gasteiger partial charge in [0.25, 0.3) is 11.5 Å². The van der Waals surface area contributed by atoms with Crippen LogP contribution in [0.1, 0.15) is 62.1 Å². The van der Waals surface area contributed by atoms with Crippen LogP contribution in [0.25, 0.3) is 6.08 Å². The summed E-state index contributed by atoms with van der Waals surface area (Å²) in [5.74, 6) is 1.26. The molecule has 1 amide bonds. The Morgan fingerprint density at radius 2 is 1.90 bits per heavy atom. The Labute approximate surface area is 192 Å². The molecule has 0 N–H and O–H groups in total. The zero-order valence-corrected chi connectivity index (χ0v) is 19.9. The first-order valence-corrected chi connectivity index (χ1v) is 12.2. The van der Waals surface area contributed by atoms with E-state index in [1.54, 1.807) is 23.4 Å². The molecule has 3 heterocycles. The molecule has 0 bridgehead atoms. The summed E-state index contributed by atoms with van der Waals surface area (Å²) in [7, 11) is 1.72. The normalized spacial score (nSPS) is 23.8. The summed E-state index contributed by atoms with van der Waals surface area (Å²) >= 11 is 6.89. The van der Waals surface area contributed by atoms with Gasteiger partial charge in [-0.05, 0) is 50.2 Å². The van der Waals surface area contributed by atoms with Gasteiger partial charge in [-0.2, -0.15) is 5.26 Å². The van der Waals surface area contributed by atoms with Crippen LogP contribution in [0.15, 0.2) is 9.70 Å². The standard InChI is InChI=1S/C23H28N4O2S2/c1-14-7-6-10-26(13-14)20-17(15(2)18(12-24)21(28)25(20)3)11-19-22(29)27(23(30)31-19)16-8-4-5-9-16/h11,14,16H,4-10,13H2,1-3H3. The van der Waals surface area contributed by atoms with E-state index in [1.807, 2.05) is 6.08 Å². The van der Waals surface area contributed by atoms with E-state index in [4.69, 9.17) is 12.2 Å². The van der Waals surface area contributed by atoms with Crippen LogP contribution in [0.3, 0.4) is 0 Å². The summed E-state index contributed by atoms with van der Waals surface area (Å²) in [5, 5.41) is 9.63. The van der Waals surface area contributed by atoms with E-state index in [2.05, 4.69) is 17.9 Å². The number of aromatic nitrogens is 1. The lowest BCUT2D eigenvalue weighted by atomic mass is 9.98. The lowest BCUT2D eigenvalue weighted by Crippen LogP contribution is -2.39. The van der Waals surface area contributed by atoms with E-state index in [9.17, 15) is 14.9 Å². The van der Waals surface area contributed by atoms with Crippen LogP contribution in [0.2, 0.25) is 0 Å². The minimum atomic E-state index is -0.288. The highest BCUT2D eigenvalue weighted by Gasteiger charge is 2.38. The van der Waals surface area contributed by atoms with Crippen molar-refractivity contribution in [3.8, 4) is 6.07 Å². The monoisotopic (exact) mass is 456 g/mol. The first-order valence-electron chi connectivity index (χ1n) is 11.0. The number of hydrogen-bond donors (Lipinski definition) is 0. The van der Waals surface area contributed by atoms with Crippen molar-refractivity contribution in [3.05, 3.63) is 31.9 Å². The lowest BCUT2D eigenvalue weighted by molar-refractivity contribution is -0.123. The predicted octanol–water partition coefficient (Wildman–Crippen LogP) is 3.95. The van der Waals surface area contributed by atoms with Crippen LogP contribution in [-0.4, -0.2) is 38.8 Å². The zero-order valence-electron chi connectivity index (χ0n) is 18.3. The number of hydrogen-bond acceptors (Lipinski definition) is 6.